The van der Waals surface area contributed by atoms with Gasteiger partial charge in [-0.25, -0.2) is 9.78 Å². The van der Waals surface area contributed by atoms with Gasteiger partial charge < -0.3 is 9.42 Å². The maximum atomic E-state index is 12.4. The van der Waals surface area contributed by atoms with Crippen LogP contribution in [0.15, 0.2) is 10.6 Å². The first kappa shape index (κ1) is 15.0. The number of nitrogens with zero attached hydrogens (tertiary/aromatic N) is 3. The Morgan fingerprint density at radius 2 is 2.41 bits per heavy atom. The van der Waals surface area contributed by atoms with Crippen LogP contribution in [-0.4, -0.2) is 28.1 Å². The third-order valence-electron chi connectivity index (χ3n) is 3.92. The molecule has 2 aromatic heterocycles. The Morgan fingerprint density at radius 1 is 1.59 bits per heavy atom. The molecule has 0 unspecified atom stereocenters. The summed E-state index contributed by atoms with van der Waals surface area (Å²) in [6.45, 7) is 3.91. The predicted molar refractivity (Wildman–Crippen MR) is 85.2 cm³/mol. The van der Waals surface area contributed by atoms with Crippen molar-refractivity contribution in [2.45, 2.75) is 45.6 Å². The van der Waals surface area contributed by atoms with Crippen LogP contribution in [0.4, 0.5) is 10.6 Å². The molecule has 0 saturated heterocycles. The summed E-state index contributed by atoms with van der Waals surface area (Å²) in [7, 11) is 1.83. The number of amides is 2. The standard InChI is InChI=1S/C15H20N4O2S/c1-4-13-16-10-6-5-7-11(14(10)22-13)19(3)15(20)17-12-8-9(2)21-18-12/h8,11H,4-7H2,1-3H3,(H,17,18,20)/t11-/m0/s1. The lowest BCUT2D eigenvalue weighted by atomic mass is 9.97. The lowest BCUT2D eigenvalue weighted by Crippen LogP contribution is -2.36. The van der Waals surface area contributed by atoms with Crippen molar-refractivity contribution < 1.29 is 9.32 Å². The lowest BCUT2D eigenvalue weighted by Gasteiger charge is -2.30. The van der Waals surface area contributed by atoms with Crippen LogP contribution in [0.25, 0.3) is 0 Å². The SMILES string of the molecule is CCc1nc2c(s1)[C@@H](N(C)C(=O)Nc1cc(C)on1)CCC2. The van der Waals surface area contributed by atoms with Gasteiger partial charge in [-0.2, -0.15) is 0 Å². The summed E-state index contributed by atoms with van der Waals surface area (Å²) in [5.74, 6) is 1.12. The first-order chi connectivity index (χ1) is 10.6. The molecule has 0 spiro atoms. The Kier molecular flexibility index (Phi) is 4.15. The summed E-state index contributed by atoms with van der Waals surface area (Å²) in [5.41, 5.74) is 1.16. The molecule has 22 heavy (non-hydrogen) atoms. The fourth-order valence-electron chi connectivity index (χ4n) is 2.73. The van der Waals surface area contributed by atoms with Gasteiger partial charge in [-0.1, -0.05) is 12.1 Å². The molecular weight excluding hydrogens is 300 g/mol. The first-order valence-electron chi connectivity index (χ1n) is 7.54. The van der Waals surface area contributed by atoms with E-state index in [-0.39, 0.29) is 12.1 Å². The van der Waals surface area contributed by atoms with Crippen LogP contribution in [0, 0.1) is 6.92 Å². The number of aryl methyl sites for hydroxylation is 3. The Bertz CT molecular complexity index is 679. The van der Waals surface area contributed by atoms with E-state index in [4.69, 9.17) is 4.52 Å². The van der Waals surface area contributed by atoms with Crippen LogP contribution in [0.3, 0.4) is 0 Å². The molecule has 3 rings (SSSR count). The minimum absolute atomic E-state index is 0.0922. The number of anilines is 1. The van der Waals surface area contributed by atoms with Crippen molar-refractivity contribution in [3.8, 4) is 0 Å². The quantitative estimate of drug-likeness (QED) is 0.939. The summed E-state index contributed by atoms with van der Waals surface area (Å²) in [6.07, 6.45) is 3.99. The zero-order valence-corrected chi connectivity index (χ0v) is 13.9. The number of carbonyl (C=O) groups is 1. The molecule has 0 aromatic carbocycles. The van der Waals surface area contributed by atoms with Gasteiger partial charge in [-0.15, -0.1) is 11.3 Å². The Balaban J connectivity index is 1.76. The van der Waals surface area contributed by atoms with E-state index in [0.29, 0.717) is 11.6 Å². The molecule has 1 aliphatic rings. The summed E-state index contributed by atoms with van der Waals surface area (Å²) in [5, 5.41) is 7.73. The first-order valence-corrected chi connectivity index (χ1v) is 8.35. The highest BCUT2D eigenvalue weighted by atomic mass is 32.1. The summed E-state index contributed by atoms with van der Waals surface area (Å²) >= 11 is 1.73. The van der Waals surface area contributed by atoms with Crippen LogP contribution in [0.1, 0.15) is 47.1 Å². The van der Waals surface area contributed by atoms with E-state index in [1.165, 1.54) is 4.88 Å². The number of fused-ring (bicyclic) bond motifs is 1. The molecule has 0 saturated carbocycles. The topological polar surface area (TPSA) is 71.3 Å². The molecule has 0 fully saturated rings. The zero-order valence-electron chi connectivity index (χ0n) is 13.0. The largest absolute Gasteiger partial charge is 0.360 e. The van der Waals surface area contributed by atoms with Crippen molar-refractivity contribution in [1.82, 2.24) is 15.0 Å². The smallest absolute Gasteiger partial charge is 0.323 e. The summed E-state index contributed by atoms with van der Waals surface area (Å²) in [6, 6.07) is 1.63. The summed E-state index contributed by atoms with van der Waals surface area (Å²) in [4.78, 5) is 20.1. The minimum Gasteiger partial charge on any atom is -0.360 e. The highest BCUT2D eigenvalue weighted by molar-refractivity contribution is 7.11. The molecule has 2 aromatic rings. The number of rotatable bonds is 3. The van der Waals surface area contributed by atoms with E-state index in [9.17, 15) is 4.79 Å². The van der Waals surface area contributed by atoms with E-state index in [2.05, 4.69) is 22.4 Å². The Morgan fingerprint density at radius 3 is 3.09 bits per heavy atom. The highest BCUT2D eigenvalue weighted by Gasteiger charge is 2.30. The van der Waals surface area contributed by atoms with Crippen LogP contribution in [0.5, 0.6) is 0 Å². The third kappa shape index (κ3) is 2.85. The summed E-state index contributed by atoms with van der Waals surface area (Å²) < 4.78 is 4.97. The number of aromatic nitrogens is 2. The van der Waals surface area contributed by atoms with Gasteiger partial charge in [0.1, 0.15) is 5.76 Å². The van der Waals surface area contributed by atoms with Gasteiger partial charge in [0.25, 0.3) is 0 Å². The van der Waals surface area contributed by atoms with Crippen LogP contribution < -0.4 is 5.32 Å². The van der Waals surface area contributed by atoms with Gasteiger partial charge in [0.05, 0.1) is 21.6 Å². The van der Waals surface area contributed by atoms with Gasteiger partial charge in [0.15, 0.2) is 5.82 Å². The molecule has 0 bridgehead atoms. The van der Waals surface area contributed by atoms with Crippen molar-refractivity contribution in [1.29, 1.82) is 0 Å². The minimum atomic E-state index is -0.169. The molecule has 6 nitrogen and oxygen atoms in total. The molecule has 2 amide bonds. The van der Waals surface area contributed by atoms with E-state index < -0.39 is 0 Å². The zero-order chi connectivity index (χ0) is 15.7. The molecule has 1 atom stereocenters. The maximum absolute atomic E-state index is 12.4. The second kappa shape index (κ2) is 6.08. The van der Waals surface area contributed by atoms with Crippen LogP contribution in [-0.2, 0) is 12.8 Å². The van der Waals surface area contributed by atoms with Gasteiger partial charge in [-0.3, -0.25) is 5.32 Å². The third-order valence-corrected chi connectivity index (χ3v) is 5.26. The maximum Gasteiger partial charge on any atom is 0.323 e. The molecule has 118 valence electrons. The Hall–Kier alpha value is -1.89. The van der Waals surface area contributed by atoms with Crippen molar-refractivity contribution in [3.63, 3.8) is 0 Å². The van der Waals surface area contributed by atoms with Crippen molar-refractivity contribution >= 4 is 23.2 Å². The van der Waals surface area contributed by atoms with Crippen molar-refractivity contribution in [3.05, 3.63) is 27.4 Å². The van der Waals surface area contributed by atoms with E-state index in [0.717, 1.165) is 36.4 Å². The van der Waals surface area contributed by atoms with Gasteiger partial charge in [0, 0.05) is 13.1 Å². The normalized spacial score (nSPS) is 17.1. The number of thiazole rings is 1. The number of hydrogen-bond donors (Lipinski definition) is 1. The molecule has 1 aliphatic carbocycles. The number of urea groups is 1. The van der Waals surface area contributed by atoms with Gasteiger partial charge in [0.2, 0.25) is 0 Å². The van der Waals surface area contributed by atoms with Crippen LogP contribution in [0.2, 0.25) is 0 Å². The molecule has 1 N–H and O–H groups in total. The number of hydrogen-bond acceptors (Lipinski definition) is 5. The molecule has 0 radical (unpaired) electrons. The van der Waals surface area contributed by atoms with E-state index >= 15 is 0 Å². The van der Waals surface area contributed by atoms with E-state index in [1.54, 1.807) is 29.2 Å². The lowest BCUT2D eigenvalue weighted by molar-refractivity contribution is 0.198. The van der Waals surface area contributed by atoms with Gasteiger partial charge in [-0.05, 0) is 32.6 Å². The van der Waals surface area contributed by atoms with Crippen molar-refractivity contribution in [2.24, 2.45) is 0 Å². The average molecular weight is 320 g/mol. The Labute approximate surface area is 133 Å². The average Bonchev–Trinajstić information content (AvgIpc) is 3.11. The second-order valence-corrected chi connectivity index (χ2v) is 6.66. The van der Waals surface area contributed by atoms with Gasteiger partial charge >= 0.3 is 6.03 Å². The second-order valence-electron chi connectivity index (χ2n) is 5.54. The highest BCUT2D eigenvalue weighted by Crippen LogP contribution is 2.37. The fraction of sp³-hybridized carbons (Fsp3) is 0.533. The molecular formula is C15H20N4O2S. The molecule has 2 heterocycles. The predicted octanol–water partition coefficient (Wildman–Crippen LogP) is 3.54. The monoisotopic (exact) mass is 320 g/mol. The van der Waals surface area contributed by atoms with Crippen LogP contribution >= 0.6 is 11.3 Å². The molecule has 0 aliphatic heterocycles. The number of nitrogens with one attached hydrogen (secondary N) is 1. The van der Waals surface area contributed by atoms with E-state index in [1.807, 2.05) is 7.05 Å². The fourth-order valence-corrected chi connectivity index (χ4v) is 3.96. The molecule has 7 heteroatoms. The van der Waals surface area contributed by atoms with Crippen molar-refractivity contribution in [2.75, 3.05) is 12.4 Å². The number of carbonyl (C=O) groups excluding carboxylic acids is 1.